The monoisotopic (exact) mass is 478 g/mol. The van der Waals surface area contributed by atoms with E-state index in [0.29, 0.717) is 39.4 Å². The number of carbonyl (C=O) groups excluding carboxylic acids is 2. The summed E-state index contributed by atoms with van der Waals surface area (Å²) < 4.78 is 15.7. The molecule has 12 heteroatoms. The molecular formula is C23H22N6O6. The highest BCUT2D eigenvalue weighted by Gasteiger charge is 2.50. The van der Waals surface area contributed by atoms with E-state index in [1.165, 1.54) is 24.2 Å². The standard InChI is InChI=1S/C23H22N6O6/c1-12-15(11-34-27-12)16-4-3-5-18(26-16)29-8-9-33-23(2,22(29)32)19(30)21(31)25-13-6-7-14-17(10-13)35-28-20(14)24/h3-7,10-11,19,30H,8-9H2,1-2H3,(H2,24,28)(H,25,31). The number of nitrogens with two attached hydrogens (primary N) is 1. The molecule has 3 aromatic heterocycles. The molecule has 1 saturated heterocycles. The first kappa shape index (κ1) is 22.5. The van der Waals surface area contributed by atoms with Crippen LogP contribution in [-0.4, -0.2) is 57.1 Å². The van der Waals surface area contributed by atoms with E-state index in [4.69, 9.17) is 19.5 Å². The van der Waals surface area contributed by atoms with Crippen LogP contribution in [0, 0.1) is 6.92 Å². The van der Waals surface area contributed by atoms with Crippen LogP contribution < -0.4 is 16.0 Å². The third-order valence-electron chi connectivity index (χ3n) is 5.96. The summed E-state index contributed by atoms with van der Waals surface area (Å²) in [6.07, 6.45) is -0.331. The Morgan fingerprint density at radius 1 is 1.29 bits per heavy atom. The van der Waals surface area contributed by atoms with Crippen molar-refractivity contribution in [3.8, 4) is 11.3 Å². The number of amides is 2. The first-order valence-corrected chi connectivity index (χ1v) is 10.8. The van der Waals surface area contributed by atoms with Crippen molar-refractivity contribution in [2.75, 3.05) is 29.1 Å². The molecule has 12 nitrogen and oxygen atoms in total. The van der Waals surface area contributed by atoms with Gasteiger partial charge in [0.1, 0.15) is 12.1 Å². The smallest absolute Gasteiger partial charge is 0.263 e. The maximum absolute atomic E-state index is 13.4. The Hall–Kier alpha value is -4.29. The van der Waals surface area contributed by atoms with Crippen LogP contribution in [0.4, 0.5) is 17.3 Å². The predicted molar refractivity (Wildman–Crippen MR) is 124 cm³/mol. The lowest BCUT2D eigenvalue weighted by Gasteiger charge is -2.40. The molecular weight excluding hydrogens is 456 g/mol. The maximum Gasteiger partial charge on any atom is 0.263 e. The van der Waals surface area contributed by atoms with E-state index in [1.54, 1.807) is 37.3 Å². The average Bonchev–Trinajstić information content (AvgIpc) is 3.45. The van der Waals surface area contributed by atoms with Crippen molar-refractivity contribution in [2.45, 2.75) is 25.6 Å². The van der Waals surface area contributed by atoms with Crippen LogP contribution in [0.2, 0.25) is 0 Å². The van der Waals surface area contributed by atoms with E-state index in [9.17, 15) is 14.7 Å². The molecule has 0 radical (unpaired) electrons. The number of hydrogen-bond donors (Lipinski definition) is 3. The number of ether oxygens (including phenoxy) is 1. The van der Waals surface area contributed by atoms with Crippen molar-refractivity contribution in [3.63, 3.8) is 0 Å². The zero-order valence-corrected chi connectivity index (χ0v) is 18.9. The minimum Gasteiger partial charge on any atom is -0.380 e. The van der Waals surface area contributed by atoms with Gasteiger partial charge in [-0.25, -0.2) is 4.98 Å². The molecule has 0 saturated carbocycles. The Balaban J connectivity index is 1.37. The van der Waals surface area contributed by atoms with Crippen LogP contribution in [0.1, 0.15) is 12.6 Å². The van der Waals surface area contributed by atoms with Crippen LogP contribution in [0.15, 0.2) is 51.7 Å². The van der Waals surface area contributed by atoms with Gasteiger partial charge in [0.2, 0.25) is 0 Å². The molecule has 0 spiro atoms. The lowest BCUT2D eigenvalue weighted by Crippen LogP contribution is -2.63. The highest BCUT2D eigenvalue weighted by Crippen LogP contribution is 2.30. The first-order chi connectivity index (χ1) is 16.8. The molecule has 35 heavy (non-hydrogen) atoms. The summed E-state index contributed by atoms with van der Waals surface area (Å²) in [6, 6.07) is 9.92. The molecule has 4 N–H and O–H groups in total. The van der Waals surface area contributed by atoms with E-state index in [-0.39, 0.29) is 19.0 Å². The molecule has 180 valence electrons. The van der Waals surface area contributed by atoms with Crippen LogP contribution in [0.5, 0.6) is 0 Å². The van der Waals surface area contributed by atoms with E-state index >= 15 is 0 Å². The van der Waals surface area contributed by atoms with Crippen LogP contribution in [0.25, 0.3) is 22.2 Å². The summed E-state index contributed by atoms with van der Waals surface area (Å²) >= 11 is 0. The van der Waals surface area contributed by atoms with Gasteiger partial charge < -0.3 is 29.9 Å². The molecule has 1 fully saturated rings. The highest BCUT2D eigenvalue weighted by atomic mass is 16.5. The average molecular weight is 478 g/mol. The number of pyridine rings is 1. The second-order valence-corrected chi connectivity index (χ2v) is 8.28. The normalized spacial score (nSPS) is 19.2. The number of morpholine rings is 1. The Morgan fingerprint density at radius 2 is 2.11 bits per heavy atom. The number of carbonyl (C=O) groups is 2. The number of rotatable bonds is 5. The molecule has 1 aliphatic rings. The van der Waals surface area contributed by atoms with Crippen molar-refractivity contribution in [2.24, 2.45) is 0 Å². The molecule has 1 aromatic carbocycles. The fourth-order valence-electron chi connectivity index (χ4n) is 3.95. The number of aromatic nitrogens is 3. The fourth-order valence-corrected chi connectivity index (χ4v) is 3.95. The lowest BCUT2D eigenvalue weighted by molar-refractivity contribution is -0.170. The van der Waals surface area contributed by atoms with Gasteiger partial charge in [0.25, 0.3) is 11.8 Å². The van der Waals surface area contributed by atoms with Crippen LogP contribution in [0.3, 0.4) is 0 Å². The van der Waals surface area contributed by atoms with Gasteiger partial charge in [-0.2, -0.15) is 0 Å². The molecule has 2 unspecified atom stereocenters. The summed E-state index contributed by atoms with van der Waals surface area (Å²) in [6.45, 7) is 3.45. The van der Waals surface area contributed by atoms with Gasteiger partial charge in [0.15, 0.2) is 23.1 Å². The predicted octanol–water partition coefficient (Wildman–Crippen LogP) is 1.89. The van der Waals surface area contributed by atoms with E-state index in [0.717, 1.165) is 0 Å². The van der Waals surface area contributed by atoms with E-state index in [1.807, 2.05) is 0 Å². The SMILES string of the molecule is Cc1nocc1-c1cccc(N2CCOC(C)(C(O)C(=O)Nc3ccc4c(N)noc4c3)C2=O)n1. The van der Waals surface area contributed by atoms with Crippen LogP contribution in [-0.2, 0) is 14.3 Å². The molecule has 2 atom stereocenters. The second-order valence-electron chi connectivity index (χ2n) is 8.28. The summed E-state index contributed by atoms with van der Waals surface area (Å²) in [5.74, 6) is -0.847. The minimum absolute atomic E-state index is 0.0914. The minimum atomic E-state index is -1.84. The Labute approximate surface area is 198 Å². The van der Waals surface area contributed by atoms with Gasteiger partial charge in [-0.15, -0.1) is 0 Å². The quantitative estimate of drug-likeness (QED) is 0.385. The fraction of sp³-hybridized carbons (Fsp3) is 0.261. The summed E-state index contributed by atoms with van der Waals surface area (Å²) in [5, 5.41) is 21.6. The molecule has 4 aromatic rings. The zero-order chi connectivity index (χ0) is 24.7. The second kappa shape index (κ2) is 8.49. The third kappa shape index (κ3) is 3.88. The van der Waals surface area contributed by atoms with Gasteiger partial charge >= 0.3 is 0 Å². The highest BCUT2D eigenvalue weighted by molar-refractivity contribution is 6.06. The first-order valence-electron chi connectivity index (χ1n) is 10.8. The summed E-state index contributed by atoms with van der Waals surface area (Å²) in [4.78, 5) is 32.3. The molecule has 2 amide bonds. The number of anilines is 3. The lowest BCUT2D eigenvalue weighted by atomic mass is 9.94. The van der Waals surface area contributed by atoms with E-state index < -0.39 is 23.5 Å². The number of aryl methyl sites for hydroxylation is 1. The van der Waals surface area contributed by atoms with Gasteiger partial charge in [-0.1, -0.05) is 16.4 Å². The number of fused-ring (bicyclic) bond motifs is 1. The van der Waals surface area contributed by atoms with Gasteiger partial charge in [0, 0.05) is 11.8 Å². The third-order valence-corrected chi connectivity index (χ3v) is 5.96. The number of aliphatic hydroxyl groups is 1. The van der Waals surface area contributed by atoms with Crippen molar-refractivity contribution < 1.29 is 28.5 Å². The van der Waals surface area contributed by atoms with Crippen molar-refractivity contribution in [3.05, 3.63) is 48.4 Å². The summed E-state index contributed by atoms with van der Waals surface area (Å²) in [5.41, 5.74) is 6.49. The zero-order valence-electron chi connectivity index (χ0n) is 18.9. The number of aliphatic hydroxyl groups excluding tert-OH is 1. The van der Waals surface area contributed by atoms with E-state index in [2.05, 4.69) is 20.6 Å². The molecule has 0 aliphatic carbocycles. The van der Waals surface area contributed by atoms with Crippen molar-refractivity contribution in [1.82, 2.24) is 15.3 Å². The molecule has 1 aliphatic heterocycles. The molecule has 0 bridgehead atoms. The van der Waals surface area contributed by atoms with Gasteiger partial charge in [-0.3, -0.25) is 14.5 Å². The number of benzene rings is 1. The Kier molecular flexibility index (Phi) is 5.46. The number of nitrogen functional groups attached to an aromatic ring is 1. The maximum atomic E-state index is 13.4. The van der Waals surface area contributed by atoms with Gasteiger partial charge in [0.05, 0.1) is 35.5 Å². The molecule has 4 heterocycles. The number of hydrogen-bond acceptors (Lipinski definition) is 10. The van der Waals surface area contributed by atoms with Crippen molar-refractivity contribution >= 4 is 40.1 Å². The topological polar surface area (TPSA) is 170 Å². The number of nitrogens with one attached hydrogen (secondary N) is 1. The van der Waals surface area contributed by atoms with Crippen LogP contribution >= 0.6 is 0 Å². The Morgan fingerprint density at radius 3 is 2.89 bits per heavy atom. The van der Waals surface area contributed by atoms with Crippen molar-refractivity contribution in [1.29, 1.82) is 0 Å². The Bertz CT molecular complexity index is 1430. The number of nitrogens with zero attached hydrogens (tertiary/aromatic N) is 4. The molecule has 5 rings (SSSR count). The largest absolute Gasteiger partial charge is 0.380 e. The summed E-state index contributed by atoms with van der Waals surface area (Å²) in [7, 11) is 0. The van der Waals surface area contributed by atoms with Gasteiger partial charge in [-0.05, 0) is 38.1 Å².